The highest BCUT2D eigenvalue weighted by atomic mass is 16.5. The van der Waals surface area contributed by atoms with Crippen molar-refractivity contribution in [2.45, 2.75) is 157 Å². The molecule has 9 aromatic carbocycles. The molecule has 0 aliphatic rings. The molecule has 0 saturated carbocycles. The molecule has 0 unspecified atom stereocenters. The largest absolute Gasteiger partial charge is 0.389 e. The number of methoxy groups -OCH3 is 1. The molecule has 0 radical (unpaired) electrons. The number of nitrogens with one attached hydrogen (secondary N) is 2. The molecule has 18 heteroatoms. The van der Waals surface area contributed by atoms with Gasteiger partial charge in [-0.2, -0.15) is 0 Å². The minimum atomic E-state index is -0.909. The minimum absolute atomic E-state index is 0.366. The first-order valence-electron chi connectivity index (χ1n) is 39.8. The van der Waals surface area contributed by atoms with Crippen molar-refractivity contribution in [1.82, 2.24) is 43.6 Å². The maximum atomic E-state index is 10.9. The quantitative estimate of drug-likeness (QED) is 0.0322. The summed E-state index contributed by atoms with van der Waals surface area (Å²) in [6, 6.07) is 88.0. The van der Waals surface area contributed by atoms with E-state index in [2.05, 4.69) is 292 Å². The van der Waals surface area contributed by atoms with Crippen LogP contribution in [0.15, 0.2) is 255 Å². The first-order chi connectivity index (χ1) is 54.7. The molecule has 0 fully saturated rings. The predicted molar refractivity (Wildman–Crippen MR) is 468 cm³/mol. The van der Waals surface area contributed by atoms with E-state index in [1.54, 1.807) is 7.11 Å². The van der Waals surface area contributed by atoms with Crippen LogP contribution >= 0.6 is 0 Å². The molecule has 0 spiro atoms. The maximum Gasteiger partial charge on any atom is 0.206 e. The van der Waals surface area contributed by atoms with Crippen molar-refractivity contribution >= 4 is 101 Å². The van der Waals surface area contributed by atoms with Crippen molar-refractivity contribution in [3.63, 3.8) is 0 Å². The molecule has 0 aliphatic heterocycles. The van der Waals surface area contributed by atoms with Crippen LogP contribution < -0.4 is 30.2 Å². The van der Waals surface area contributed by atoms with Gasteiger partial charge in [0.05, 0.1) is 69.5 Å². The second kappa shape index (κ2) is 36.2. The Kier molecular flexibility index (Phi) is 25.4. The third kappa shape index (κ3) is 19.6. The van der Waals surface area contributed by atoms with E-state index in [0.29, 0.717) is 45.8 Å². The molecule has 6 aromatic heterocycles. The summed E-state index contributed by atoms with van der Waals surface area (Å²) in [6.07, 6.45) is 2.99. The number of para-hydroxylation sites is 3. The normalized spacial score (nSPS) is 11.8. The van der Waals surface area contributed by atoms with Gasteiger partial charge in [0.15, 0.2) is 17.5 Å². The van der Waals surface area contributed by atoms with E-state index >= 15 is 0 Å². The van der Waals surface area contributed by atoms with Gasteiger partial charge >= 0.3 is 0 Å². The molecule has 0 aliphatic carbocycles. The van der Waals surface area contributed by atoms with Gasteiger partial charge in [-0.3, -0.25) is 0 Å². The average molecular weight is 1510 g/mol. The summed E-state index contributed by atoms with van der Waals surface area (Å²) in [5.41, 5.74) is 13.6. The molecule has 113 heavy (non-hydrogen) atoms. The minimum Gasteiger partial charge on any atom is -0.389 e. The van der Waals surface area contributed by atoms with E-state index in [4.69, 9.17) is 34.6 Å². The average Bonchev–Trinajstić information content (AvgIpc) is 1.63. The summed E-state index contributed by atoms with van der Waals surface area (Å²) in [6.45, 7) is 26.4. The molecular weight excluding hydrogens is 1400 g/mol. The molecule has 0 atom stereocenters. The van der Waals surface area contributed by atoms with Crippen LogP contribution in [0.3, 0.4) is 0 Å². The van der Waals surface area contributed by atoms with Crippen molar-refractivity contribution in [2.75, 3.05) is 64.0 Å². The van der Waals surface area contributed by atoms with Crippen molar-refractivity contribution in [3.05, 3.63) is 288 Å². The van der Waals surface area contributed by atoms with E-state index < -0.39 is 11.2 Å². The zero-order chi connectivity index (χ0) is 79.1. The van der Waals surface area contributed by atoms with Crippen molar-refractivity contribution in [2.24, 2.45) is 0 Å². The number of hydrogen-bond acceptors (Lipinski definition) is 15. The highest BCUT2D eigenvalue weighted by Crippen LogP contribution is 2.41. The number of aliphatic hydroxyl groups is 2. The van der Waals surface area contributed by atoms with Gasteiger partial charge in [-0.1, -0.05) is 257 Å². The second-order valence-electron chi connectivity index (χ2n) is 31.3. The molecule has 15 rings (SSSR count). The van der Waals surface area contributed by atoms with Gasteiger partial charge in [-0.15, -0.1) is 0 Å². The van der Waals surface area contributed by atoms with E-state index in [9.17, 15) is 10.2 Å². The van der Waals surface area contributed by atoms with Gasteiger partial charge in [0.2, 0.25) is 17.8 Å². The molecule has 0 amide bonds. The number of nitrogens with zero attached hydrogens (tertiary/aromatic N) is 13. The lowest BCUT2D eigenvalue weighted by atomic mass is 10.1. The monoisotopic (exact) mass is 1510 g/mol. The second-order valence-corrected chi connectivity index (χ2v) is 31.3. The number of hydrogen-bond donors (Lipinski definition) is 4. The lowest BCUT2D eigenvalue weighted by molar-refractivity contribution is 0.00946. The lowest BCUT2D eigenvalue weighted by Crippen LogP contribution is -2.29. The van der Waals surface area contributed by atoms with Gasteiger partial charge in [0.1, 0.15) is 16.6 Å². The van der Waals surface area contributed by atoms with Crippen molar-refractivity contribution in [1.29, 1.82) is 0 Å². The van der Waals surface area contributed by atoms with Gasteiger partial charge in [0, 0.05) is 89.2 Å². The topological polar surface area (TPSA) is 179 Å². The number of anilines is 6. The summed E-state index contributed by atoms with van der Waals surface area (Å²) in [5.74, 6) is 5.05. The fourth-order valence-corrected chi connectivity index (χ4v) is 14.7. The van der Waals surface area contributed by atoms with Crippen LogP contribution in [0.2, 0.25) is 0 Å². The smallest absolute Gasteiger partial charge is 0.206 e. The Morgan fingerprint density at radius 3 is 0.912 bits per heavy atom. The van der Waals surface area contributed by atoms with Gasteiger partial charge in [-0.05, 0) is 112 Å². The van der Waals surface area contributed by atoms with Crippen LogP contribution in [0.4, 0.5) is 35.3 Å². The first kappa shape index (κ1) is 79.4. The Hall–Kier alpha value is -11.7. The van der Waals surface area contributed by atoms with Crippen LogP contribution in [0.25, 0.3) is 65.8 Å². The molecule has 4 N–H and O–H groups in total. The van der Waals surface area contributed by atoms with Crippen LogP contribution in [0.1, 0.15) is 115 Å². The zero-order valence-electron chi connectivity index (χ0n) is 67.5. The van der Waals surface area contributed by atoms with Gasteiger partial charge in [-0.25, -0.2) is 29.9 Å². The fourth-order valence-electron chi connectivity index (χ4n) is 14.7. The van der Waals surface area contributed by atoms with E-state index in [1.807, 2.05) is 76.2 Å². The Labute approximate surface area is 665 Å². The standard InChI is InChI=1S/2C32H37N5O.C31H35N5O/c1-5-20-35(4)31-34-28-29(37(31)23-32(2,3)38)26-18-12-13-19-27(26)33-30(28)36(21-24-14-8-6-9-15-24)22-25-16-10-7-11-17-25;1-5-20-33-31-35-28-29(37(31)23-32(2,3)38-4)26-18-12-13-19-27(26)34-30(28)36(21-24-14-8-6-9-15-24)22-25-16-10-7-11-17-25;1-4-19-32-30-34-27-28(36(30)22-31(2,3)37)25-17-11-12-18-26(25)33-29(27)35(20-23-13-7-5-8-14-23)21-24-15-9-6-10-16-24/h6-19,38H,5,20-23H2,1-4H3;6-19H,5,20-23H2,1-4H3,(H,33,35);5-18,37H,4,19-22H2,1-3H3,(H,32,34). The van der Waals surface area contributed by atoms with E-state index in [-0.39, 0.29) is 5.60 Å². The van der Waals surface area contributed by atoms with Crippen molar-refractivity contribution < 1.29 is 14.9 Å². The summed E-state index contributed by atoms with van der Waals surface area (Å²) in [4.78, 5) is 40.4. The highest BCUT2D eigenvalue weighted by Gasteiger charge is 2.31. The molecule has 0 bridgehead atoms. The Morgan fingerprint density at radius 1 is 0.345 bits per heavy atom. The highest BCUT2D eigenvalue weighted by molar-refractivity contribution is 6.10. The third-order valence-electron chi connectivity index (χ3n) is 20.0. The van der Waals surface area contributed by atoms with Crippen LogP contribution in [-0.2, 0) is 63.6 Å². The summed E-state index contributed by atoms with van der Waals surface area (Å²) < 4.78 is 12.5. The molecule has 6 heterocycles. The van der Waals surface area contributed by atoms with Crippen LogP contribution in [0.5, 0.6) is 0 Å². The SMILES string of the molecule is CCCN(C)c1nc2c(N(Cc3ccccc3)Cc3ccccc3)nc3ccccc3c2n1CC(C)(C)O.CCCNc1nc2c(N(Cc3ccccc3)Cc3ccccc3)nc3ccccc3c2n1CC(C)(C)O.CCCNc1nc2c(N(Cc3ccccc3)Cc3ccccc3)nc3ccccc3c2n1CC(C)(C)OC. The molecule has 18 nitrogen and oxygen atoms in total. The number of ether oxygens (including phenoxy) is 1. The van der Waals surface area contributed by atoms with E-state index in [1.165, 1.54) is 33.4 Å². The molecular formula is C95H109N15O3. The van der Waals surface area contributed by atoms with Crippen LogP contribution in [-0.4, -0.2) is 104 Å². The predicted octanol–water partition coefficient (Wildman–Crippen LogP) is 19.8. The summed E-state index contributed by atoms with van der Waals surface area (Å²) >= 11 is 0. The summed E-state index contributed by atoms with van der Waals surface area (Å²) in [5, 5.41) is 32.0. The molecule has 582 valence electrons. The Bertz CT molecular complexity index is 5450. The van der Waals surface area contributed by atoms with Crippen molar-refractivity contribution in [3.8, 4) is 0 Å². The number of aromatic nitrogens is 9. The maximum absolute atomic E-state index is 10.9. The Balaban J connectivity index is 0.000000148. The number of pyridine rings is 3. The fraction of sp³-hybridized carbons (Fsp3) is 0.305. The number of rotatable bonds is 31. The zero-order valence-corrected chi connectivity index (χ0v) is 67.5. The summed E-state index contributed by atoms with van der Waals surface area (Å²) in [7, 11) is 3.84. The number of benzene rings is 9. The van der Waals surface area contributed by atoms with E-state index in [0.717, 1.165) is 153 Å². The first-order valence-corrected chi connectivity index (χ1v) is 39.8. The number of fused-ring (bicyclic) bond motifs is 9. The van der Waals surface area contributed by atoms with Gasteiger partial charge in [0.25, 0.3) is 0 Å². The van der Waals surface area contributed by atoms with Gasteiger partial charge < -0.3 is 58.9 Å². The van der Waals surface area contributed by atoms with Crippen LogP contribution in [0, 0.1) is 0 Å². The lowest BCUT2D eigenvalue weighted by Gasteiger charge is -2.26. The molecule has 0 saturated heterocycles. The number of imidazole rings is 3. The third-order valence-corrected chi connectivity index (χ3v) is 20.0. The Morgan fingerprint density at radius 2 is 0.619 bits per heavy atom. The molecule has 15 aromatic rings.